The second-order valence-electron chi connectivity index (χ2n) is 6.80. The molecule has 0 unspecified atom stereocenters. The number of nitrogens with one attached hydrogen (secondary N) is 1. The van der Waals surface area contributed by atoms with Crippen molar-refractivity contribution in [3.8, 4) is 0 Å². The van der Waals surface area contributed by atoms with Gasteiger partial charge in [0.2, 0.25) is 5.91 Å². The van der Waals surface area contributed by atoms with Gasteiger partial charge in [-0.05, 0) is 33.1 Å². The maximum absolute atomic E-state index is 12.8. The summed E-state index contributed by atoms with van der Waals surface area (Å²) in [7, 11) is 1.61. The number of hydrogen-bond acceptors (Lipinski definition) is 4. The zero-order valence-corrected chi connectivity index (χ0v) is 15.6. The predicted molar refractivity (Wildman–Crippen MR) is 98.3 cm³/mol. The Bertz CT molecular complexity index is 746. The fraction of sp³-hybridized carbons (Fsp3) is 0.444. The summed E-state index contributed by atoms with van der Waals surface area (Å²) < 4.78 is 5.78. The first-order valence-electron chi connectivity index (χ1n) is 7.78. The lowest BCUT2D eigenvalue weighted by Gasteiger charge is -2.23. The number of carbonyl (C=O) groups excluding carboxylic acids is 2. The molecule has 24 heavy (non-hydrogen) atoms. The lowest BCUT2D eigenvalue weighted by atomic mass is 10.1. The Kier molecular flexibility index (Phi) is 5.59. The average Bonchev–Trinajstić information content (AvgIpc) is 2.84. The van der Waals surface area contributed by atoms with Crippen LogP contribution < -0.4 is 5.32 Å². The van der Waals surface area contributed by atoms with Gasteiger partial charge in [0, 0.05) is 29.3 Å². The van der Waals surface area contributed by atoms with Crippen LogP contribution in [0, 0.1) is 0 Å². The third-order valence-corrected chi connectivity index (χ3v) is 4.00. The van der Waals surface area contributed by atoms with Gasteiger partial charge in [0.1, 0.15) is 5.58 Å². The van der Waals surface area contributed by atoms with E-state index >= 15 is 0 Å². The van der Waals surface area contributed by atoms with E-state index in [1.165, 1.54) is 4.90 Å². The van der Waals surface area contributed by atoms with Crippen LogP contribution >= 0.6 is 11.8 Å². The molecule has 0 aliphatic heterocycles. The summed E-state index contributed by atoms with van der Waals surface area (Å²) >= 11 is 1.63. The predicted octanol–water partition coefficient (Wildman–Crippen LogP) is 3.28. The van der Waals surface area contributed by atoms with Gasteiger partial charge in [0.25, 0.3) is 5.91 Å². The Morgan fingerprint density at radius 3 is 2.54 bits per heavy atom. The quantitative estimate of drug-likeness (QED) is 0.901. The molecule has 130 valence electrons. The molecule has 5 nitrogen and oxygen atoms in total. The summed E-state index contributed by atoms with van der Waals surface area (Å²) in [5.41, 5.74) is 1.24. The van der Waals surface area contributed by atoms with Crippen molar-refractivity contribution < 1.29 is 14.0 Å². The Morgan fingerprint density at radius 1 is 1.25 bits per heavy atom. The topological polar surface area (TPSA) is 62.6 Å². The summed E-state index contributed by atoms with van der Waals surface area (Å²) in [6.07, 6.45) is 1.98. The minimum absolute atomic E-state index is 0.00808. The number of nitrogens with zero attached hydrogens (tertiary/aromatic N) is 1. The standard InChI is InChI=1S/C18H24N2O3S/c1-18(2,3)19-15(21)10-20(4)17(22)16-13(11-24-5)12-8-6-7-9-14(12)23-16/h6-9H,10-11H2,1-5H3,(H,19,21). The van der Waals surface area contributed by atoms with E-state index in [1.807, 2.05) is 51.3 Å². The Morgan fingerprint density at radius 2 is 1.92 bits per heavy atom. The molecule has 0 saturated carbocycles. The SMILES string of the molecule is CSCc1c(C(=O)N(C)CC(=O)NC(C)(C)C)oc2ccccc12. The van der Waals surface area contributed by atoms with Gasteiger partial charge in [-0.1, -0.05) is 18.2 Å². The largest absolute Gasteiger partial charge is 0.451 e. The van der Waals surface area contributed by atoms with Gasteiger partial charge >= 0.3 is 0 Å². The number of hydrogen-bond donors (Lipinski definition) is 1. The molecule has 6 heteroatoms. The number of thioether (sulfide) groups is 1. The molecule has 1 heterocycles. The first kappa shape index (κ1) is 18.4. The van der Waals surface area contributed by atoms with Gasteiger partial charge in [-0.3, -0.25) is 9.59 Å². The summed E-state index contributed by atoms with van der Waals surface area (Å²) in [6.45, 7) is 5.71. The number of benzene rings is 1. The number of amides is 2. The van der Waals surface area contributed by atoms with E-state index in [9.17, 15) is 9.59 Å². The van der Waals surface area contributed by atoms with Gasteiger partial charge in [-0.2, -0.15) is 11.8 Å². The van der Waals surface area contributed by atoms with Crippen molar-refractivity contribution in [2.75, 3.05) is 19.8 Å². The normalized spacial score (nSPS) is 11.5. The van der Waals surface area contributed by atoms with Crippen molar-refractivity contribution >= 4 is 34.5 Å². The van der Waals surface area contributed by atoms with Crippen LogP contribution in [0.4, 0.5) is 0 Å². The third kappa shape index (κ3) is 4.32. The highest BCUT2D eigenvalue weighted by molar-refractivity contribution is 7.97. The molecule has 2 amide bonds. The molecule has 1 aromatic heterocycles. The van der Waals surface area contributed by atoms with Gasteiger partial charge in [-0.25, -0.2) is 0 Å². The number of rotatable bonds is 5. The first-order valence-corrected chi connectivity index (χ1v) is 9.18. The highest BCUT2D eigenvalue weighted by Gasteiger charge is 2.25. The molecule has 0 bridgehead atoms. The lowest BCUT2D eigenvalue weighted by Crippen LogP contribution is -2.46. The highest BCUT2D eigenvalue weighted by atomic mass is 32.2. The third-order valence-electron chi connectivity index (χ3n) is 3.42. The number of likely N-dealkylation sites (N-methyl/N-ethyl adjacent to an activating group) is 1. The van der Waals surface area contributed by atoms with Crippen molar-refractivity contribution in [3.05, 3.63) is 35.6 Å². The van der Waals surface area contributed by atoms with Gasteiger partial charge < -0.3 is 14.6 Å². The van der Waals surface area contributed by atoms with Crippen LogP contribution in [0.5, 0.6) is 0 Å². The first-order chi connectivity index (χ1) is 11.2. The van der Waals surface area contributed by atoms with Gasteiger partial charge in [0.05, 0.1) is 6.54 Å². The van der Waals surface area contributed by atoms with Crippen LogP contribution in [0.25, 0.3) is 11.0 Å². The van der Waals surface area contributed by atoms with E-state index < -0.39 is 0 Å². The maximum Gasteiger partial charge on any atom is 0.290 e. The molecular weight excluding hydrogens is 324 g/mol. The minimum atomic E-state index is -0.329. The molecular formula is C18H24N2O3S. The average molecular weight is 348 g/mol. The Balaban J connectivity index is 2.24. The summed E-state index contributed by atoms with van der Waals surface area (Å²) in [5.74, 6) is 0.525. The number of para-hydroxylation sites is 1. The van der Waals surface area contributed by atoms with Gasteiger partial charge in [0.15, 0.2) is 5.76 Å². The van der Waals surface area contributed by atoms with Crippen LogP contribution in [-0.4, -0.2) is 42.1 Å². The fourth-order valence-corrected chi connectivity index (χ4v) is 3.05. The molecule has 0 fully saturated rings. The Labute approximate surface area is 146 Å². The van der Waals surface area contributed by atoms with E-state index in [1.54, 1.807) is 18.8 Å². The number of furan rings is 1. The van der Waals surface area contributed by atoms with Crippen LogP contribution in [0.1, 0.15) is 36.9 Å². The molecule has 1 N–H and O–H groups in total. The van der Waals surface area contributed by atoms with E-state index in [-0.39, 0.29) is 23.9 Å². The van der Waals surface area contributed by atoms with Crippen molar-refractivity contribution in [1.29, 1.82) is 0 Å². The van der Waals surface area contributed by atoms with Gasteiger partial charge in [-0.15, -0.1) is 0 Å². The van der Waals surface area contributed by atoms with Crippen molar-refractivity contribution in [3.63, 3.8) is 0 Å². The molecule has 1 aromatic carbocycles. The van der Waals surface area contributed by atoms with E-state index in [0.717, 1.165) is 10.9 Å². The molecule has 0 aliphatic carbocycles. The van der Waals surface area contributed by atoms with E-state index in [0.29, 0.717) is 17.1 Å². The van der Waals surface area contributed by atoms with Crippen LogP contribution in [-0.2, 0) is 10.5 Å². The second kappa shape index (κ2) is 7.30. The molecule has 0 aliphatic rings. The maximum atomic E-state index is 12.8. The zero-order valence-electron chi connectivity index (χ0n) is 14.8. The number of fused-ring (bicyclic) bond motifs is 1. The smallest absolute Gasteiger partial charge is 0.290 e. The molecule has 2 rings (SSSR count). The molecule has 0 atom stereocenters. The summed E-state index contributed by atoms with van der Waals surface area (Å²) in [5, 5.41) is 3.80. The lowest BCUT2D eigenvalue weighted by molar-refractivity contribution is -0.122. The molecule has 0 saturated heterocycles. The molecule has 0 radical (unpaired) electrons. The monoisotopic (exact) mass is 348 g/mol. The minimum Gasteiger partial charge on any atom is -0.451 e. The van der Waals surface area contributed by atoms with Crippen molar-refractivity contribution in [2.45, 2.75) is 32.1 Å². The van der Waals surface area contributed by atoms with Crippen molar-refractivity contribution in [2.24, 2.45) is 0 Å². The van der Waals surface area contributed by atoms with Crippen LogP contribution in [0.2, 0.25) is 0 Å². The zero-order chi connectivity index (χ0) is 17.9. The van der Waals surface area contributed by atoms with Crippen LogP contribution in [0.3, 0.4) is 0 Å². The Hall–Kier alpha value is -1.95. The number of carbonyl (C=O) groups is 2. The van der Waals surface area contributed by atoms with Crippen molar-refractivity contribution in [1.82, 2.24) is 10.2 Å². The molecule has 2 aromatic rings. The summed E-state index contributed by atoms with van der Waals surface area (Å²) in [4.78, 5) is 26.2. The molecule has 0 spiro atoms. The second-order valence-corrected chi connectivity index (χ2v) is 7.66. The summed E-state index contributed by atoms with van der Waals surface area (Å²) in [6, 6.07) is 7.61. The van der Waals surface area contributed by atoms with E-state index in [4.69, 9.17) is 4.42 Å². The van der Waals surface area contributed by atoms with Crippen LogP contribution in [0.15, 0.2) is 28.7 Å². The van der Waals surface area contributed by atoms with E-state index in [2.05, 4.69) is 5.32 Å². The fourth-order valence-electron chi connectivity index (χ4n) is 2.48. The highest BCUT2D eigenvalue weighted by Crippen LogP contribution is 2.29.